The molecule has 0 bridgehead atoms. The topological polar surface area (TPSA) is 12.0 Å². The first-order chi connectivity index (χ1) is 8.85. The van der Waals surface area contributed by atoms with Gasteiger partial charge in [0.25, 0.3) is 0 Å². The average Bonchev–Trinajstić information content (AvgIpc) is 2.40. The van der Waals surface area contributed by atoms with Crippen LogP contribution in [0.1, 0.15) is 97.8 Å². The molecule has 18 heavy (non-hydrogen) atoms. The van der Waals surface area contributed by atoms with Crippen molar-refractivity contribution in [3.63, 3.8) is 0 Å². The smallest absolute Gasteiger partial charge is 0.00644 e. The highest BCUT2D eigenvalue weighted by Gasteiger charge is 2.03. The Morgan fingerprint density at radius 1 is 0.667 bits per heavy atom. The molecule has 1 heteroatoms. The van der Waals surface area contributed by atoms with Crippen molar-refractivity contribution in [3.05, 3.63) is 0 Å². The molecule has 1 unspecified atom stereocenters. The summed E-state index contributed by atoms with van der Waals surface area (Å²) in [4.78, 5) is 0. The minimum atomic E-state index is 0.773. The molecule has 1 N–H and O–H groups in total. The van der Waals surface area contributed by atoms with Crippen LogP contribution in [-0.2, 0) is 0 Å². The molecule has 0 heterocycles. The van der Waals surface area contributed by atoms with Crippen LogP contribution in [0.15, 0.2) is 0 Å². The van der Waals surface area contributed by atoms with Gasteiger partial charge < -0.3 is 5.32 Å². The SMILES string of the molecule is CCCCCCCCCCNC(CC)CCCC. The maximum Gasteiger partial charge on any atom is 0.00644 e. The molecule has 0 amide bonds. The van der Waals surface area contributed by atoms with E-state index < -0.39 is 0 Å². The molecule has 0 aliphatic rings. The highest BCUT2D eigenvalue weighted by atomic mass is 14.9. The highest BCUT2D eigenvalue weighted by Crippen LogP contribution is 2.08. The van der Waals surface area contributed by atoms with Gasteiger partial charge >= 0.3 is 0 Å². The summed E-state index contributed by atoms with van der Waals surface area (Å²) in [5.41, 5.74) is 0. The van der Waals surface area contributed by atoms with Crippen LogP contribution in [0, 0.1) is 0 Å². The summed E-state index contributed by atoms with van der Waals surface area (Å²) >= 11 is 0. The molecule has 0 aromatic heterocycles. The first kappa shape index (κ1) is 18.0. The van der Waals surface area contributed by atoms with Crippen molar-refractivity contribution in [3.8, 4) is 0 Å². The van der Waals surface area contributed by atoms with Gasteiger partial charge in [-0.2, -0.15) is 0 Å². The lowest BCUT2D eigenvalue weighted by molar-refractivity contribution is 0.441. The first-order valence-electron chi connectivity index (χ1n) is 8.58. The highest BCUT2D eigenvalue weighted by molar-refractivity contribution is 4.64. The van der Waals surface area contributed by atoms with E-state index in [9.17, 15) is 0 Å². The van der Waals surface area contributed by atoms with Crippen LogP contribution >= 0.6 is 0 Å². The van der Waals surface area contributed by atoms with E-state index in [2.05, 4.69) is 26.1 Å². The zero-order valence-electron chi connectivity index (χ0n) is 13.3. The van der Waals surface area contributed by atoms with Gasteiger partial charge in [-0.1, -0.05) is 78.6 Å². The standard InChI is InChI=1S/C17H37N/c1-4-7-9-10-11-12-13-14-16-18-17(6-3)15-8-5-2/h17-18H,4-16H2,1-3H3. The van der Waals surface area contributed by atoms with Gasteiger partial charge in [0, 0.05) is 6.04 Å². The zero-order chi connectivity index (χ0) is 13.5. The van der Waals surface area contributed by atoms with E-state index in [4.69, 9.17) is 0 Å². The van der Waals surface area contributed by atoms with Crippen LogP contribution < -0.4 is 5.32 Å². The van der Waals surface area contributed by atoms with Crippen LogP contribution in [0.3, 0.4) is 0 Å². The second-order valence-electron chi connectivity index (χ2n) is 5.68. The summed E-state index contributed by atoms with van der Waals surface area (Å²) in [5.74, 6) is 0. The van der Waals surface area contributed by atoms with Gasteiger partial charge in [-0.25, -0.2) is 0 Å². The van der Waals surface area contributed by atoms with Crippen molar-refractivity contribution in [1.29, 1.82) is 0 Å². The molecular weight excluding hydrogens is 218 g/mol. The van der Waals surface area contributed by atoms with Crippen molar-refractivity contribution in [1.82, 2.24) is 5.32 Å². The number of hydrogen-bond donors (Lipinski definition) is 1. The maximum absolute atomic E-state index is 3.72. The van der Waals surface area contributed by atoms with Crippen molar-refractivity contribution in [2.75, 3.05) is 6.54 Å². The predicted octanol–water partition coefficient (Wildman–Crippen LogP) is 5.69. The largest absolute Gasteiger partial charge is 0.314 e. The molecular formula is C17H37N. The van der Waals surface area contributed by atoms with E-state index in [0.29, 0.717) is 0 Å². The third kappa shape index (κ3) is 12.4. The molecule has 110 valence electrons. The fraction of sp³-hybridized carbons (Fsp3) is 1.00. The third-order valence-corrected chi connectivity index (χ3v) is 3.86. The fourth-order valence-electron chi connectivity index (χ4n) is 2.47. The summed E-state index contributed by atoms with van der Waals surface area (Å²) in [6.45, 7) is 8.11. The lowest BCUT2D eigenvalue weighted by atomic mass is 10.1. The summed E-state index contributed by atoms with van der Waals surface area (Å²) < 4.78 is 0. The Morgan fingerprint density at radius 3 is 1.78 bits per heavy atom. The van der Waals surface area contributed by atoms with Crippen LogP contribution in [0.2, 0.25) is 0 Å². The van der Waals surface area contributed by atoms with Gasteiger partial charge in [0.05, 0.1) is 0 Å². The normalized spacial score (nSPS) is 12.8. The zero-order valence-corrected chi connectivity index (χ0v) is 13.3. The van der Waals surface area contributed by atoms with E-state index in [1.165, 1.54) is 83.6 Å². The molecule has 1 nitrogen and oxygen atoms in total. The molecule has 0 aromatic rings. The summed E-state index contributed by atoms with van der Waals surface area (Å²) in [6, 6.07) is 0.773. The van der Waals surface area contributed by atoms with Crippen LogP contribution in [0.25, 0.3) is 0 Å². The van der Waals surface area contributed by atoms with Gasteiger partial charge in [-0.15, -0.1) is 0 Å². The molecule has 0 aliphatic heterocycles. The number of rotatable bonds is 14. The van der Waals surface area contributed by atoms with E-state index in [1.54, 1.807) is 0 Å². The Morgan fingerprint density at radius 2 is 1.22 bits per heavy atom. The molecule has 0 saturated heterocycles. The number of nitrogens with one attached hydrogen (secondary N) is 1. The Hall–Kier alpha value is -0.0400. The molecule has 1 atom stereocenters. The fourth-order valence-corrected chi connectivity index (χ4v) is 2.47. The maximum atomic E-state index is 3.72. The van der Waals surface area contributed by atoms with Crippen molar-refractivity contribution >= 4 is 0 Å². The molecule has 0 spiro atoms. The number of unbranched alkanes of at least 4 members (excludes halogenated alkanes) is 8. The van der Waals surface area contributed by atoms with E-state index >= 15 is 0 Å². The Labute approximate surface area is 116 Å². The van der Waals surface area contributed by atoms with E-state index in [-0.39, 0.29) is 0 Å². The molecule has 0 rings (SSSR count). The predicted molar refractivity (Wildman–Crippen MR) is 84.2 cm³/mol. The van der Waals surface area contributed by atoms with Gasteiger partial charge in [-0.05, 0) is 25.8 Å². The Balaban J connectivity index is 3.17. The molecule has 0 saturated carbocycles. The van der Waals surface area contributed by atoms with E-state index in [1.807, 2.05) is 0 Å². The Bertz CT molecular complexity index is 145. The van der Waals surface area contributed by atoms with Gasteiger partial charge in [0.2, 0.25) is 0 Å². The molecule has 0 fully saturated rings. The first-order valence-corrected chi connectivity index (χ1v) is 8.58. The van der Waals surface area contributed by atoms with Gasteiger partial charge in [-0.3, -0.25) is 0 Å². The lowest BCUT2D eigenvalue weighted by Gasteiger charge is -2.16. The monoisotopic (exact) mass is 255 g/mol. The summed E-state index contributed by atoms with van der Waals surface area (Å²) in [6.07, 6.45) is 16.7. The van der Waals surface area contributed by atoms with E-state index in [0.717, 1.165) is 6.04 Å². The average molecular weight is 255 g/mol. The second-order valence-corrected chi connectivity index (χ2v) is 5.68. The summed E-state index contributed by atoms with van der Waals surface area (Å²) in [5, 5.41) is 3.72. The van der Waals surface area contributed by atoms with Gasteiger partial charge in [0.1, 0.15) is 0 Å². The second kappa shape index (κ2) is 15.0. The van der Waals surface area contributed by atoms with Crippen molar-refractivity contribution in [2.45, 2.75) is 104 Å². The lowest BCUT2D eigenvalue weighted by Crippen LogP contribution is -2.29. The number of hydrogen-bond acceptors (Lipinski definition) is 1. The van der Waals surface area contributed by atoms with Gasteiger partial charge in [0.15, 0.2) is 0 Å². The minimum absolute atomic E-state index is 0.773. The molecule has 0 radical (unpaired) electrons. The third-order valence-electron chi connectivity index (χ3n) is 3.86. The Kier molecular flexibility index (Phi) is 15.0. The van der Waals surface area contributed by atoms with Crippen LogP contribution in [0.5, 0.6) is 0 Å². The quantitative estimate of drug-likeness (QED) is 0.393. The van der Waals surface area contributed by atoms with Crippen LogP contribution in [0.4, 0.5) is 0 Å². The van der Waals surface area contributed by atoms with Crippen molar-refractivity contribution in [2.24, 2.45) is 0 Å². The molecule has 0 aliphatic carbocycles. The summed E-state index contributed by atoms with van der Waals surface area (Å²) in [7, 11) is 0. The molecule has 0 aromatic carbocycles. The van der Waals surface area contributed by atoms with Crippen LogP contribution in [-0.4, -0.2) is 12.6 Å². The van der Waals surface area contributed by atoms with Crippen molar-refractivity contribution < 1.29 is 0 Å². The minimum Gasteiger partial charge on any atom is -0.314 e.